The number of nitrogens with zero attached hydrogens (tertiary/aromatic N) is 2. The van der Waals surface area contributed by atoms with Crippen molar-refractivity contribution >= 4 is 23.2 Å². The second kappa shape index (κ2) is 5.64. The molecule has 1 aromatic rings. The van der Waals surface area contributed by atoms with Crippen LogP contribution in [0.1, 0.15) is 12.8 Å². The van der Waals surface area contributed by atoms with Crippen molar-refractivity contribution in [2.24, 2.45) is 10.9 Å². The summed E-state index contributed by atoms with van der Waals surface area (Å²) in [6, 6.07) is 10.1. The Morgan fingerprint density at radius 2 is 2.20 bits per heavy atom. The van der Waals surface area contributed by atoms with Crippen LogP contribution in [0, 0.1) is 17.2 Å². The lowest BCUT2D eigenvalue weighted by Gasteiger charge is -2.25. The largest absolute Gasteiger partial charge is 0.255 e. The van der Waals surface area contributed by atoms with Gasteiger partial charge in [-0.3, -0.25) is 4.99 Å². The van der Waals surface area contributed by atoms with E-state index < -0.39 is 0 Å². The average Bonchev–Trinajstić information content (AvgIpc) is 2.49. The first kappa shape index (κ1) is 13.1. The molecule has 0 saturated heterocycles. The number of aliphatic imine (C=N–C) groups is 1. The lowest BCUT2D eigenvalue weighted by atomic mass is 9.85. The molecule has 4 heteroatoms. The van der Waals surface area contributed by atoms with Crippen molar-refractivity contribution in [3.63, 3.8) is 0 Å². The van der Waals surface area contributed by atoms with E-state index in [-0.39, 0.29) is 11.7 Å². The van der Waals surface area contributed by atoms with E-state index in [0.29, 0.717) is 12.8 Å². The van der Waals surface area contributed by atoms with E-state index in [1.165, 1.54) is 6.08 Å². The smallest absolute Gasteiger partial charge is 0.101 e. The summed E-state index contributed by atoms with van der Waals surface area (Å²) >= 11 is 1.73. The summed E-state index contributed by atoms with van der Waals surface area (Å²) in [4.78, 5) is 5.85. The van der Waals surface area contributed by atoms with Crippen LogP contribution in [-0.4, -0.2) is 11.5 Å². The zero-order chi connectivity index (χ0) is 13.9. The Morgan fingerprint density at radius 3 is 3.05 bits per heavy atom. The fraction of sp³-hybridized carbons (Fsp3) is 0.250. The van der Waals surface area contributed by atoms with Crippen LogP contribution in [-0.2, 0) is 0 Å². The molecule has 0 amide bonds. The van der Waals surface area contributed by atoms with Gasteiger partial charge in [-0.1, -0.05) is 18.2 Å². The van der Waals surface area contributed by atoms with Gasteiger partial charge in [-0.2, -0.15) is 5.26 Å². The normalized spacial score (nSPS) is 21.2. The number of benzene rings is 1. The molecule has 0 N–H and O–H groups in total. The Hall–Kier alpha value is -1.86. The van der Waals surface area contributed by atoms with E-state index >= 15 is 0 Å². The Kier molecular flexibility index (Phi) is 3.70. The van der Waals surface area contributed by atoms with Gasteiger partial charge in [0.2, 0.25) is 0 Å². The number of allylic oxidation sites excluding steroid dienone is 4. The van der Waals surface area contributed by atoms with Gasteiger partial charge < -0.3 is 0 Å². The van der Waals surface area contributed by atoms with Gasteiger partial charge in [0.15, 0.2) is 0 Å². The van der Waals surface area contributed by atoms with Crippen molar-refractivity contribution in [2.75, 3.05) is 5.75 Å². The second-order valence-electron chi connectivity index (χ2n) is 4.81. The number of hydrogen-bond acceptors (Lipinski definition) is 3. The maximum atomic E-state index is 13.6. The van der Waals surface area contributed by atoms with E-state index in [2.05, 4.69) is 11.1 Å². The van der Waals surface area contributed by atoms with Crippen LogP contribution in [0.5, 0.6) is 0 Å². The maximum Gasteiger partial charge on any atom is 0.101 e. The van der Waals surface area contributed by atoms with Gasteiger partial charge in [0.05, 0.1) is 18.2 Å². The quantitative estimate of drug-likeness (QED) is 0.797. The predicted molar refractivity (Wildman–Crippen MR) is 79.9 cm³/mol. The fourth-order valence-electron chi connectivity index (χ4n) is 2.50. The molecule has 1 heterocycles. The topological polar surface area (TPSA) is 36.1 Å². The van der Waals surface area contributed by atoms with Crippen LogP contribution in [0.3, 0.4) is 0 Å². The Morgan fingerprint density at radius 1 is 1.35 bits per heavy atom. The van der Waals surface area contributed by atoms with Crippen LogP contribution >= 0.6 is 11.8 Å². The molecule has 1 aliphatic carbocycles. The Bertz CT molecular complexity index is 667. The van der Waals surface area contributed by atoms with Crippen LogP contribution in [0.15, 0.2) is 57.7 Å². The zero-order valence-electron chi connectivity index (χ0n) is 10.8. The third-order valence-corrected chi connectivity index (χ3v) is 4.61. The van der Waals surface area contributed by atoms with Crippen molar-refractivity contribution in [2.45, 2.75) is 17.7 Å². The first-order valence-corrected chi connectivity index (χ1v) is 7.48. The number of thioether (sulfide) groups is 1. The molecule has 0 radical (unpaired) electrons. The molecule has 0 aromatic heterocycles. The van der Waals surface area contributed by atoms with E-state index in [4.69, 9.17) is 5.26 Å². The highest BCUT2D eigenvalue weighted by atomic mass is 32.2. The van der Waals surface area contributed by atoms with Crippen LogP contribution in [0.25, 0.3) is 0 Å². The van der Waals surface area contributed by atoms with Crippen molar-refractivity contribution < 1.29 is 4.39 Å². The number of halogens is 1. The maximum absolute atomic E-state index is 13.6. The number of para-hydroxylation sites is 1. The summed E-state index contributed by atoms with van der Waals surface area (Å²) < 4.78 is 13.6. The SMILES string of the molecule is N#CCC1=CC=C(F)CC1C1=Nc2ccccc2SC1. The molecule has 1 atom stereocenters. The monoisotopic (exact) mass is 284 g/mol. The molecule has 1 aliphatic heterocycles. The minimum Gasteiger partial charge on any atom is -0.255 e. The van der Waals surface area contributed by atoms with Crippen molar-refractivity contribution in [1.82, 2.24) is 0 Å². The first-order valence-electron chi connectivity index (χ1n) is 6.49. The van der Waals surface area contributed by atoms with Gasteiger partial charge in [0.1, 0.15) is 5.83 Å². The highest BCUT2D eigenvalue weighted by Crippen LogP contribution is 2.38. The third-order valence-electron chi connectivity index (χ3n) is 3.52. The average molecular weight is 284 g/mol. The summed E-state index contributed by atoms with van der Waals surface area (Å²) in [5, 5.41) is 8.91. The van der Waals surface area contributed by atoms with Gasteiger partial charge in [0, 0.05) is 28.7 Å². The number of hydrogen-bond donors (Lipinski definition) is 0. The van der Waals surface area contributed by atoms with E-state index in [0.717, 1.165) is 27.6 Å². The van der Waals surface area contributed by atoms with Gasteiger partial charge >= 0.3 is 0 Å². The lowest BCUT2D eigenvalue weighted by Crippen LogP contribution is -2.22. The summed E-state index contributed by atoms with van der Waals surface area (Å²) in [6.07, 6.45) is 3.86. The Labute approximate surface area is 121 Å². The van der Waals surface area contributed by atoms with Gasteiger partial charge in [-0.15, -0.1) is 11.8 Å². The van der Waals surface area contributed by atoms with Crippen molar-refractivity contribution in [1.29, 1.82) is 5.26 Å². The number of fused-ring (bicyclic) bond motifs is 1. The second-order valence-corrected chi connectivity index (χ2v) is 5.82. The van der Waals surface area contributed by atoms with Crippen molar-refractivity contribution in [3.8, 4) is 6.07 Å². The molecule has 0 saturated carbocycles. The van der Waals surface area contributed by atoms with Crippen LogP contribution in [0.4, 0.5) is 10.1 Å². The summed E-state index contributed by atoms with van der Waals surface area (Å²) in [5.74, 6) is 0.557. The highest BCUT2D eigenvalue weighted by Gasteiger charge is 2.26. The molecule has 3 rings (SSSR count). The predicted octanol–water partition coefficient (Wildman–Crippen LogP) is 4.58. The minimum absolute atomic E-state index is 0.0690. The summed E-state index contributed by atoms with van der Waals surface area (Å²) in [5.41, 5.74) is 2.89. The van der Waals surface area contributed by atoms with Gasteiger partial charge in [-0.25, -0.2) is 4.39 Å². The molecule has 100 valence electrons. The third kappa shape index (κ3) is 2.54. The van der Waals surface area contributed by atoms with E-state index in [1.54, 1.807) is 17.8 Å². The molecular formula is C16H13FN2S. The first-order chi connectivity index (χ1) is 9.78. The molecule has 1 unspecified atom stereocenters. The lowest BCUT2D eigenvalue weighted by molar-refractivity contribution is 0.551. The molecule has 1 aromatic carbocycles. The molecule has 0 bridgehead atoms. The standard InChI is InChI=1S/C16H13FN2S/c17-12-6-5-11(7-8-18)13(9-12)15-10-20-16-4-2-1-3-14(16)19-15/h1-6,13H,7,9-10H2. The molecule has 2 aliphatic rings. The minimum atomic E-state index is -0.136. The highest BCUT2D eigenvalue weighted by molar-refractivity contribution is 8.00. The van der Waals surface area contributed by atoms with E-state index in [9.17, 15) is 4.39 Å². The Balaban J connectivity index is 1.94. The van der Waals surface area contributed by atoms with Gasteiger partial charge in [0.25, 0.3) is 0 Å². The number of nitriles is 1. The van der Waals surface area contributed by atoms with Crippen LogP contribution in [0.2, 0.25) is 0 Å². The fourth-order valence-corrected chi connectivity index (χ4v) is 3.51. The molecule has 0 fully saturated rings. The van der Waals surface area contributed by atoms with Gasteiger partial charge in [-0.05, 0) is 23.8 Å². The molecular weight excluding hydrogens is 271 g/mol. The summed E-state index contributed by atoms with van der Waals surface area (Å²) in [6.45, 7) is 0. The molecule has 0 spiro atoms. The molecule has 20 heavy (non-hydrogen) atoms. The van der Waals surface area contributed by atoms with Crippen molar-refractivity contribution in [3.05, 3.63) is 47.8 Å². The zero-order valence-corrected chi connectivity index (χ0v) is 11.7. The number of rotatable bonds is 2. The van der Waals surface area contributed by atoms with Crippen LogP contribution < -0.4 is 0 Å². The summed E-state index contributed by atoms with van der Waals surface area (Å²) in [7, 11) is 0. The molecule has 2 nitrogen and oxygen atoms in total. The van der Waals surface area contributed by atoms with E-state index in [1.807, 2.05) is 24.3 Å².